The number of aliphatic hydroxyl groups excluding tert-OH is 1. The molecule has 0 heterocycles. The Balaban J connectivity index is 2.96. The lowest BCUT2D eigenvalue weighted by atomic mass is 10.1. The molecule has 0 amide bonds. The van der Waals surface area contributed by atoms with Gasteiger partial charge in [-0.2, -0.15) is 0 Å². The van der Waals surface area contributed by atoms with Gasteiger partial charge in [-0.05, 0) is 30.7 Å². The lowest BCUT2D eigenvalue weighted by Gasteiger charge is -2.03. The molecule has 1 N–H and O–H groups in total. The standard InChI is InChI=1S/C10H11FO3/c1-2-14-10(13)8-3-7(6-12)4-9(11)5-8/h3-5,12H,2,6H2,1H3. The van der Waals surface area contributed by atoms with Crippen LogP contribution in [0.1, 0.15) is 22.8 Å². The zero-order valence-electron chi connectivity index (χ0n) is 7.79. The molecule has 14 heavy (non-hydrogen) atoms. The van der Waals surface area contributed by atoms with Crippen LogP contribution in [0.15, 0.2) is 18.2 Å². The Morgan fingerprint density at radius 2 is 2.21 bits per heavy atom. The molecule has 0 unspecified atom stereocenters. The molecule has 1 aromatic rings. The van der Waals surface area contributed by atoms with Gasteiger partial charge < -0.3 is 9.84 Å². The fraction of sp³-hybridized carbons (Fsp3) is 0.300. The van der Waals surface area contributed by atoms with Gasteiger partial charge >= 0.3 is 5.97 Å². The topological polar surface area (TPSA) is 46.5 Å². The van der Waals surface area contributed by atoms with Crippen molar-refractivity contribution in [1.82, 2.24) is 0 Å². The second kappa shape index (κ2) is 4.72. The van der Waals surface area contributed by atoms with Gasteiger partial charge in [0, 0.05) is 0 Å². The highest BCUT2D eigenvalue weighted by atomic mass is 19.1. The Morgan fingerprint density at radius 1 is 1.50 bits per heavy atom. The first-order valence-electron chi connectivity index (χ1n) is 4.24. The van der Waals surface area contributed by atoms with Gasteiger partial charge in [0.15, 0.2) is 0 Å². The van der Waals surface area contributed by atoms with E-state index in [1.54, 1.807) is 6.92 Å². The van der Waals surface area contributed by atoms with E-state index in [4.69, 9.17) is 9.84 Å². The van der Waals surface area contributed by atoms with Crippen LogP contribution >= 0.6 is 0 Å². The number of hydrogen-bond donors (Lipinski definition) is 1. The first-order valence-corrected chi connectivity index (χ1v) is 4.24. The van der Waals surface area contributed by atoms with Gasteiger partial charge in [0.25, 0.3) is 0 Å². The molecule has 0 aliphatic rings. The molecule has 0 radical (unpaired) electrons. The van der Waals surface area contributed by atoms with E-state index >= 15 is 0 Å². The molecule has 0 saturated carbocycles. The van der Waals surface area contributed by atoms with Crippen molar-refractivity contribution in [3.8, 4) is 0 Å². The average Bonchev–Trinajstić information content (AvgIpc) is 2.17. The van der Waals surface area contributed by atoms with Crippen molar-refractivity contribution >= 4 is 5.97 Å². The summed E-state index contributed by atoms with van der Waals surface area (Å²) >= 11 is 0. The van der Waals surface area contributed by atoms with Crippen LogP contribution in [0.4, 0.5) is 4.39 Å². The molecule has 0 aromatic heterocycles. The van der Waals surface area contributed by atoms with Gasteiger partial charge in [-0.25, -0.2) is 9.18 Å². The molecule has 1 aromatic carbocycles. The SMILES string of the molecule is CCOC(=O)c1cc(F)cc(CO)c1. The van der Waals surface area contributed by atoms with Gasteiger partial charge in [0.05, 0.1) is 18.8 Å². The zero-order valence-corrected chi connectivity index (χ0v) is 7.79. The molecule has 1 rings (SSSR count). The number of halogens is 1. The van der Waals surface area contributed by atoms with E-state index in [9.17, 15) is 9.18 Å². The second-order valence-corrected chi connectivity index (χ2v) is 2.73. The lowest BCUT2D eigenvalue weighted by molar-refractivity contribution is 0.0525. The van der Waals surface area contributed by atoms with E-state index in [0.29, 0.717) is 5.56 Å². The fourth-order valence-electron chi connectivity index (χ4n) is 1.07. The van der Waals surface area contributed by atoms with Gasteiger partial charge in [0.1, 0.15) is 5.82 Å². The molecule has 0 aliphatic carbocycles. The van der Waals surface area contributed by atoms with Crippen molar-refractivity contribution < 1.29 is 19.0 Å². The van der Waals surface area contributed by atoms with Crippen LogP contribution in [0.3, 0.4) is 0 Å². The molecule has 0 spiro atoms. The highest BCUT2D eigenvalue weighted by Gasteiger charge is 2.08. The minimum Gasteiger partial charge on any atom is -0.462 e. The number of aliphatic hydroxyl groups is 1. The van der Waals surface area contributed by atoms with Crippen LogP contribution in [0.2, 0.25) is 0 Å². The lowest BCUT2D eigenvalue weighted by Crippen LogP contribution is -2.05. The van der Waals surface area contributed by atoms with Crippen molar-refractivity contribution in [3.05, 3.63) is 35.1 Å². The predicted octanol–water partition coefficient (Wildman–Crippen LogP) is 1.49. The zero-order chi connectivity index (χ0) is 10.6. The molecule has 76 valence electrons. The number of rotatable bonds is 3. The highest BCUT2D eigenvalue weighted by Crippen LogP contribution is 2.10. The Labute approximate surface area is 81.1 Å². The Kier molecular flexibility index (Phi) is 3.59. The van der Waals surface area contributed by atoms with Gasteiger partial charge in [-0.15, -0.1) is 0 Å². The monoisotopic (exact) mass is 198 g/mol. The number of carbonyl (C=O) groups excluding carboxylic acids is 1. The van der Waals surface area contributed by atoms with E-state index in [0.717, 1.165) is 6.07 Å². The Hall–Kier alpha value is -1.42. The third-order valence-corrected chi connectivity index (χ3v) is 1.65. The fourth-order valence-corrected chi connectivity index (χ4v) is 1.07. The third-order valence-electron chi connectivity index (χ3n) is 1.65. The molecule has 0 bridgehead atoms. The smallest absolute Gasteiger partial charge is 0.338 e. The summed E-state index contributed by atoms with van der Waals surface area (Å²) < 4.78 is 17.6. The molecule has 0 saturated heterocycles. The van der Waals surface area contributed by atoms with Crippen LogP contribution in [-0.2, 0) is 11.3 Å². The molecule has 4 heteroatoms. The highest BCUT2D eigenvalue weighted by molar-refractivity contribution is 5.89. The molecule has 0 fully saturated rings. The summed E-state index contributed by atoms with van der Waals surface area (Å²) in [5.41, 5.74) is 0.476. The maximum Gasteiger partial charge on any atom is 0.338 e. The summed E-state index contributed by atoms with van der Waals surface area (Å²) in [6, 6.07) is 3.65. The molecular formula is C10H11FO3. The van der Waals surface area contributed by atoms with Crippen LogP contribution in [-0.4, -0.2) is 17.7 Å². The first kappa shape index (κ1) is 10.7. The van der Waals surface area contributed by atoms with Crippen molar-refractivity contribution in [3.63, 3.8) is 0 Å². The minimum atomic E-state index is -0.582. The van der Waals surface area contributed by atoms with E-state index in [1.807, 2.05) is 0 Å². The Bertz CT molecular complexity index is 336. The summed E-state index contributed by atoms with van der Waals surface area (Å²) in [4.78, 5) is 11.2. The molecule has 0 aliphatic heterocycles. The maximum absolute atomic E-state index is 12.9. The van der Waals surface area contributed by atoms with Crippen LogP contribution in [0.25, 0.3) is 0 Å². The second-order valence-electron chi connectivity index (χ2n) is 2.73. The first-order chi connectivity index (χ1) is 6.67. The summed E-state index contributed by atoms with van der Waals surface area (Å²) in [6.07, 6.45) is 0. The van der Waals surface area contributed by atoms with E-state index < -0.39 is 11.8 Å². The normalized spacial score (nSPS) is 9.93. The number of ether oxygens (including phenoxy) is 1. The summed E-state index contributed by atoms with van der Waals surface area (Å²) in [5, 5.41) is 8.78. The van der Waals surface area contributed by atoms with E-state index in [-0.39, 0.29) is 18.8 Å². The summed E-state index contributed by atoms with van der Waals surface area (Å²) in [5.74, 6) is -1.14. The van der Waals surface area contributed by atoms with Gasteiger partial charge in [-0.1, -0.05) is 0 Å². The van der Waals surface area contributed by atoms with Crippen LogP contribution in [0, 0.1) is 5.82 Å². The number of esters is 1. The average molecular weight is 198 g/mol. The predicted molar refractivity (Wildman–Crippen MR) is 48.3 cm³/mol. The van der Waals surface area contributed by atoms with E-state index in [2.05, 4.69) is 0 Å². The van der Waals surface area contributed by atoms with Crippen molar-refractivity contribution in [2.75, 3.05) is 6.61 Å². The van der Waals surface area contributed by atoms with Crippen molar-refractivity contribution in [2.45, 2.75) is 13.5 Å². The minimum absolute atomic E-state index is 0.121. The largest absolute Gasteiger partial charge is 0.462 e. The van der Waals surface area contributed by atoms with E-state index in [1.165, 1.54) is 12.1 Å². The molecule has 3 nitrogen and oxygen atoms in total. The Morgan fingerprint density at radius 3 is 2.79 bits per heavy atom. The number of benzene rings is 1. The van der Waals surface area contributed by atoms with Crippen LogP contribution in [0.5, 0.6) is 0 Å². The quantitative estimate of drug-likeness (QED) is 0.748. The molecule has 0 atom stereocenters. The summed E-state index contributed by atoms with van der Waals surface area (Å²) in [7, 11) is 0. The van der Waals surface area contributed by atoms with Gasteiger partial charge in [0.2, 0.25) is 0 Å². The van der Waals surface area contributed by atoms with Crippen molar-refractivity contribution in [1.29, 1.82) is 0 Å². The maximum atomic E-state index is 12.9. The van der Waals surface area contributed by atoms with Crippen LogP contribution < -0.4 is 0 Å². The van der Waals surface area contributed by atoms with Crippen molar-refractivity contribution in [2.24, 2.45) is 0 Å². The summed E-state index contributed by atoms with van der Waals surface area (Å²) in [6.45, 7) is 1.61. The van der Waals surface area contributed by atoms with Gasteiger partial charge in [-0.3, -0.25) is 0 Å². The molecular weight excluding hydrogens is 187 g/mol. The third kappa shape index (κ3) is 2.53. The number of carbonyl (C=O) groups is 1. The number of hydrogen-bond acceptors (Lipinski definition) is 3.